The zero-order valence-electron chi connectivity index (χ0n) is 11.3. The Balaban J connectivity index is 1.62. The lowest BCUT2D eigenvalue weighted by Gasteiger charge is -2.32. The summed E-state index contributed by atoms with van der Waals surface area (Å²) in [6.45, 7) is 3.46. The van der Waals surface area contributed by atoms with Crippen LogP contribution in [0.25, 0.3) is 0 Å². The third kappa shape index (κ3) is 3.04. The third-order valence-corrected chi connectivity index (χ3v) is 3.72. The van der Waals surface area contributed by atoms with E-state index in [4.69, 9.17) is 0 Å². The molecule has 102 valence electrons. The fourth-order valence-electron chi connectivity index (χ4n) is 2.24. The van der Waals surface area contributed by atoms with Crippen molar-refractivity contribution in [3.63, 3.8) is 0 Å². The van der Waals surface area contributed by atoms with Crippen molar-refractivity contribution in [3.05, 3.63) is 24.0 Å². The smallest absolute Gasteiger partial charge is 0.272 e. The van der Waals surface area contributed by atoms with Crippen molar-refractivity contribution in [1.82, 2.24) is 14.8 Å². The normalized spacial score (nSPS) is 20.4. The molecule has 2 heterocycles. The van der Waals surface area contributed by atoms with Gasteiger partial charge in [0.1, 0.15) is 5.69 Å². The number of nitrogens with one attached hydrogen (secondary N) is 1. The lowest BCUT2D eigenvalue weighted by molar-refractivity contribution is 0.0658. The number of pyridine rings is 1. The van der Waals surface area contributed by atoms with Crippen molar-refractivity contribution in [2.24, 2.45) is 0 Å². The Morgan fingerprint density at radius 1 is 1.26 bits per heavy atom. The highest BCUT2D eigenvalue weighted by Crippen LogP contribution is 2.24. The predicted molar refractivity (Wildman–Crippen MR) is 74.3 cm³/mol. The predicted octanol–water partition coefficient (Wildman–Crippen LogP) is 1.04. The topological polar surface area (TPSA) is 48.5 Å². The molecule has 1 aromatic heterocycles. The van der Waals surface area contributed by atoms with E-state index >= 15 is 0 Å². The summed E-state index contributed by atoms with van der Waals surface area (Å²) in [6, 6.07) is 4.39. The molecule has 0 unspecified atom stereocenters. The van der Waals surface area contributed by atoms with E-state index in [0.29, 0.717) is 11.7 Å². The summed E-state index contributed by atoms with van der Waals surface area (Å²) in [4.78, 5) is 20.7. The second kappa shape index (κ2) is 5.17. The van der Waals surface area contributed by atoms with Crippen LogP contribution < -0.4 is 5.32 Å². The number of hydrogen-bond acceptors (Lipinski definition) is 4. The Morgan fingerprint density at radius 2 is 2.00 bits per heavy atom. The van der Waals surface area contributed by atoms with E-state index in [1.165, 1.54) is 12.8 Å². The van der Waals surface area contributed by atoms with Gasteiger partial charge in [-0.2, -0.15) is 0 Å². The van der Waals surface area contributed by atoms with E-state index in [1.54, 1.807) is 6.20 Å². The summed E-state index contributed by atoms with van der Waals surface area (Å²) in [5.74, 6) is 0.0473. The Morgan fingerprint density at radius 3 is 2.58 bits per heavy atom. The maximum absolute atomic E-state index is 12.3. The third-order valence-electron chi connectivity index (χ3n) is 3.72. The van der Waals surface area contributed by atoms with E-state index in [0.717, 1.165) is 31.9 Å². The first kappa shape index (κ1) is 12.4. The van der Waals surface area contributed by atoms with Crippen molar-refractivity contribution in [1.29, 1.82) is 0 Å². The Kier molecular flexibility index (Phi) is 3.38. The van der Waals surface area contributed by atoms with Crippen LogP contribution in [0.2, 0.25) is 0 Å². The summed E-state index contributed by atoms with van der Waals surface area (Å²) in [5, 5.41) is 3.37. The summed E-state index contributed by atoms with van der Waals surface area (Å²) in [5.41, 5.74) is 1.56. The minimum Gasteiger partial charge on any atom is -0.381 e. The average Bonchev–Trinajstić information content (AvgIpc) is 3.24. The lowest BCUT2D eigenvalue weighted by Crippen LogP contribution is -2.47. The number of likely N-dealkylation sites (N-methyl/N-ethyl adjacent to an activating group) is 1. The zero-order chi connectivity index (χ0) is 13.2. The van der Waals surface area contributed by atoms with Crippen LogP contribution >= 0.6 is 0 Å². The minimum absolute atomic E-state index is 0.0473. The van der Waals surface area contributed by atoms with Crippen LogP contribution in [0.1, 0.15) is 23.3 Å². The van der Waals surface area contributed by atoms with Crippen LogP contribution in [0, 0.1) is 0 Å². The highest BCUT2D eigenvalue weighted by Gasteiger charge is 2.22. The molecule has 1 aliphatic carbocycles. The van der Waals surface area contributed by atoms with Gasteiger partial charge in [0.15, 0.2) is 0 Å². The van der Waals surface area contributed by atoms with Gasteiger partial charge in [0.2, 0.25) is 0 Å². The number of anilines is 1. The maximum atomic E-state index is 12.3. The summed E-state index contributed by atoms with van der Waals surface area (Å²) in [6.07, 6.45) is 4.24. The highest BCUT2D eigenvalue weighted by atomic mass is 16.2. The molecule has 1 saturated carbocycles. The van der Waals surface area contributed by atoms with E-state index in [-0.39, 0.29) is 5.91 Å². The van der Waals surface area contributed by atoms with Crippen molar-refractivity contribution in [3.8, 4) is 0 Å². The van der Waals surface area contributed by atoms with E-state index < -0.39 is 0 Å². The zero-order valence-corrected chi connectivity index (χ0v) is 11.3. The largest absolute Gasteiger partial charge is 0.381 e. The van der Waals surface area contributed by atoms with Crippen LogP contribution in [-0.4, -0.2) is 60.0 Å². The second-order valence-electron chi connectivity index (χ2n) is 5.45. The average molecular weight is 260 g/mol. The fourth-order valence-corrected chi connectivity index (χ4v) is 2.24. The minimum atomic E-state index is 0.0473. The number of hydrogen-bond donors (Lipinski definition) is 1. The first-order valence-electron chi connectivity index (χ1n) is 6.93. The van der Waals surface area contributed by atoms with Crippen LogP contribution in [0.15, 0.2) is 18.3 Å². The molecule has 1 aliphatic heterocycles. The maximum Gasteiger partial charge on any atom is 0.272 e. The molecule has 1 N–H and O–H groups in total. The number of piperazine rings is 1. The first-order chi connectivity index (χ1) is 9.22. The Bertz CT molecular complexity index is 447. The molecule has 1 amide bonds. The molecular weight excluding hydrogens is 240 g/mol. The van der Waals surface area contributed by atoms with Crippen LogP contribution in [0.4, 0.5) is 5.69 Å². The van der Waals surface area contributed by atoms with E-state index in [9.17, 15) is 4.79 Å². The van der Waals surface area contributed by atoms with Gasteiger partial charge in [0, 0.05) is 32.2 Å². The summed E-state index contributed by atoms with van der Waals surface area (Å²) < 4.78 is 0. The number of carbonyl (C=O) groups excluding carboxylic acids is 1. The monoisotopic (exact) mass is 260 g/mol. The Labute approximate surface area is 113 Å². The lowest BCUT2D eigenvalue weighted by atomic mass is 10.2. The molecule has 1 aromatic rings. The van der Waals surface area contributed by atoms with Gasteiger partial charge in [0.25, 0.3) is 5.91 Å². The van der Waals surface area contributed by atoms with Crippen molar-refractivity contribution < 1.29 is 4.79 Å². The van der Waals surface area contributed by atoms with Gasteiger partial charge in [-0.1, -0.05) is 0 Å². The van der Waals surface area contributed by atoms with Gasteiger partial charge in [-0.05, 0) is 32.0 Å². The molecule has 19 heavy (non-hydrogen) atoms. The van der Waals surface area contributed by atoms with Gasteiger partial charge in [0.05, 0.1) is 11.9 Å². The van der Waals surface area contributed by atoms with Crippen LogP contribution in [0.5, 0.6) is 0 Å². The van der Waals surface area contributed by atoms with Crippen molar-refractivity contribution >= 4 is 11.6 Å². The number of aromatic nitrogens is 1. The van der Waals surface area contributed by atoms with Crippen LogP contribution in [-0.2, 0) is 0 Å². The van der Waals surface area contributed by atoms with E-state index in [2.05, 4.69) is 22.2 Å². The fraction of sp³-hybridized carbons (Fsp3) is 0.571. The van der Waals surface area contributed by atoms with Gasteiger partial charge in [-0.3, -0.25) is 4.79 Å². The van der Waals surface area contributed by atoms with Crippen molar-refractivity contribution in [2.45, 2.75) is 18.9 Å². The quantitative estimate of drug-likeness (QED) is 0.882. The Hall–Kier alpha value is -1.62. The molecule has 3 rings (SSSR count). The number of amides is 1. The molecule has 2 aliphatic rings. The van der Waals surface area contributed by atoms with Crippen LogP contribution in [0.3, 0.4) is 0 Å². The molecule has 0 bridgehead atoms. The molecular formula is C14H20N4O. The second-order valence-corrected chi connectivity index (χ2v) is 5.45. The van der Waals surface area contributed by atoms with Gasteiger partial charge in [-0.15, -0.1) is 0 Å². The molecule has 5 nitrogen and oxygen atoms in total. The number of rotatable bonds is 3. The highest BCUT2D eigenvalue weighted by molar-refractivity contribution is 5.92. The number of nitrogens with zero attached hydrogens (tertiary/aromatic N) is 3. The molecule has 0 aromatic carbocycles. The standard InChI is InChI=1S/C14H20N4O/c1-17-6-8-18(9-7-17)14(19)13-5-4-12(10-15-13)16-11-2-3-11/h4-5,10-11,16H,2-3,6-9H2,1H3. The van der Waals surface area contributed by atoms with Gasteiger partial charge < -0.3 is 15.1 Å². The summed E-state index contributed by atoms with van der Waals surface area (Å²) in [7, 11) is 2.08. The molecule has 5 heteroatoms. The molecule has 2 fully saturated rings. The summed E-state index contributed by atoms with van der Waals surface area (Å²) >= 11 is 0. The van der Waals surface area contributed by atoms with Gasteiger partial charge >= 0.3 is 0 Å². The molecule has 0 spiro atoms. The number of carbonyl (C=O) groups is 1. The van der Waals surface area contributed by atoms with Crippen molar-refractivity contribution in [2.75, 3.05) is 38.5 Å². The van der Waals surface area contributed by atoms with Gasteiger partial charge in [-0.25, -0.2) is 4.98 Å². The molecule has 0 radical (unpaired) electrons. The molecule has 1 saturated heterocycles. The molecule has 0 atom stereocenters. The SMILES string of the molecule is CN1CCN(C(=O)c2ccc(NC3CC3)cn2)CC1. The first-order valence-corrected chi connectivity index (χ1v) is 6.93. The van der Waals surface area contributed by atoms with E-state index in [1.807, 2.05) is 17.0 Å².